The van der Waals surface area contributed by atoms with Crippen LogP contribution in [0.5, 0.6) is 0 Å². The lowest BCUT2D eigenvalue weighted by Gasteiger charge is -2.11. The number of hydrogen-bond donors (Lipinski definition) is 2. The van der Waals surface area contributed by atoms with E-state index in [1.807, 2.05) is 6.92 Å². The highest BCUT2D eigenvalue weighted by Gasteiger charge is 2.10. The Balaban J connectivity index is 2.63. The van der Waals surface area contributed by atoms with E-state index in [0.717, 1.165) is 5.69 Å². The van der Waals surface area contributed by atoms with Gasteiger partial charge in [-0.05, 0) is 18.6 Å². The number of aryl methyl sites for hydroxylation is 1. The van der Waals surface area contributed by atoms with Crippen molar-refractivity contribution in [3.05, 3.63) is 28.5 Å². The molecule has 0 spiro atoms. The van der Waals surface area contributed by atoms with Crippen molar-refractivity contribution in [2.24, 2.45) is 0 Å². The van der Waals surface area contributed by atoms with Gasteiger partial charge in [-0.1, -0.05) is 18.5 Å². The van der Waals surface area contributed by atoms with Gasteiger partial charge in [-0.15, -0.1) is 0 Å². The molecule has 0 fully saturated rings. The van der Waals surface area contributed by atoms with Crippen LogP contribution in [0, 0.1) is 0 Å². The summed E-state index contributed by atoms with van der Waals surface area (Å²) in [6.07, 6.45) is -0.0189. The highest BCUT2D eigenvalue weighted by molar-refractivity contribution is 6.29. The van der Waals surface area contributed by atoms with E-state index >= 15 is 0 Å². The van der Waals surface area contributed by atoms with Gasteiger partial charge in [0.2, 0.25) is 0 Å². The molecule has 0 saturated carbocycles. The number of aromatic nitrogens is 1. The lowest BCUT2D eigenvalue weighted by atomic mass is 10.2. The van der Waals surface area contributed by atoms with Gasteiger partial charge < -0.3 is 15.2 Å². The highest BCUT2D eigenvalue weighted by atomic mass is 35.5. The second-order valence-corrected chi connectivity index (χ2v) is 4.23. The molecule has 0 aromatic carbocycles. The van der Waals surface area contributed by atoms with Gasteiger partial charge in [0.25, 0.3) is 5.91 Å². The van der Waals surface area contributed by atoms with Gasteiger partial charge in [-0.25, -0.2) is 4.98 Å². The van der Waals surface area contributed by atoms with E-state index in [1.165, 1.54) is 13.2 Å². The Morgan fingerprint density at radius 3 is 2.94 bits per heavy atom. The average Bonchev–Trinajstić information content (AvgIpc) is 2.35. The van der Waals surface area contributed by atoms with E-state index in [4.69, 9.17) is 16.3 Å². The number of hydrogen-bond acceptors (Lipinski definition) is 4. The molecule has 0 radical (unpaired) electrons. The maximum Gasteiger partial charge on any atom is 0.251 e. The molecule has 0 aliphatic carbocycles. The van der Waals surface area contributed by atoms with Crippen molar-refractivity contribution in [1.29, 1.82) is 0 Å². The summed E-state index contributed by atoms with van der Waals surface area (Å²) >= 11 is 5.82. The van der Waals surface area contributed by atoms with Crippen LogP contribution in [0.25, 0.3) is 0 Å². The van der Waals surface area contributed by atoms with Crippen LogP contribution in [0.2, 0.25) is 5.15 Å². The number of aliphatic hydroxyl groups excluding tert-OH is 1. The van der Waals surface area contributed by atoms with Crippen molar-refractivity contribution >= 4 is 17.5 Å². The van der Waals surface area contributed by atoms with Crippen molar-refractivity contribution < 1.29 is 14.6 Å². The number of ether oxygens (including phenoxy) is 1. The third-order valence-corrected chi connectivity index (χ3v) is 2.52. The quantitative estimate of drug-likeness (QED) is 0.759. The number of carbonyl (C=O) groups excluding carboxylic acids is 1. The van der Waals surface area contributed by atoms with Crippen LogP contribution in [0.15, 0.2) is 12.1 Å². The van der Waals surface area contributed by atoms with Crippen LogP contribution >= 0.6 is 11.6 Å². The zero-order valence-corrected chi connectivity index (χ0v) is 11.2. The molecule has 1 unspecified atom stereocenters. The first-order valence-electron chi connectivity index (χ1n) is 5.68. The summed E-state index contributed by atoms with van der Waals surface area (Å²) in [7, 11) is 1.49. The molecule has 0 saturated heterocycles. The Hall–Kier alpha value is -1.17. The van der Waals surface area contributed by atoms with Gasteiger partial charge >= 0.3 is 0 Å². The first-order chi connectivity index (χ1) is 8.56. The Kier molecular flexibility index (Phi) is 6.04. The molecule has 1 amide bonds. The number of amides is 1. The number of nitrogens with zero attached hydrogens (tertiary/aromatic N) is 1. The molecule has 0 aliphatic heterocycles. The molecule has 1 rings (SSSR count). The van der Waals surface area contributed by atoms with E-state index in [2.05, 4.69) is 10.3 Å². The third kappa shape index (κ3) is 4.60. The number of methoxy groups -OCH3 is 1. The summed E-state index contributed by atoms with van der Waals surface area (Å²) in [5, 5.41) is 12.3. The number of aliphatic hydroxyl groups is 1. The SMILES string of the molecule is CCc1cc(C(=O)NCC(O)COC)cc(Cl)n1. The normalized spacial score (nSPS) is 12.2. The van der Waals surface area contributed by atoms with Gasteiger partial charge in [-0.3, -0.25) is 4.79 Å². The number of rotatable bonds is 6. The summed E-state index contributed by atoms with van der Waals surface area (Å²) in [6.45, 7) is 2.24. The van der Waals surface area contributed by atoms with Crippen LogP contribution in [-0.4, -0.2) is 42.4 Å². The van der Waals surface area contributed by atoms with Crippen LogP contribution in [0.3, 0.4) is 0 Å². The average molecular weight is 273 g/mol. The molecule has 1 aromatic heterocycles. The van der Waals surface area contributed by atoms with Crippen LogP contribution < -0.4 is 5.32 Å². The van der Waals surface area contributed by atoms with Crippen molar-refractivity contribution in [3.63, 3.8) is 0 Å². The Morgan fingerprint density at radius 2 is 2.33 bits per heavy atom. The van der Waals surface area contributed by atoms with Crippen molar-refractivity contribution in [1.82, 2.24) is 10.3 Å². The minimum absolute atomic E-state index is 0.133. The predicted octanol–water partition coefficient (Wildman–Crippen LogP) is 1.03. The van der Waals surface area contributed by atoms with Crippen molar-refractivity contribution in [2.75, 3.05) is 20.3 Å². The lowest BCUT2D eigenvalue weighted by Crippen LogP contribution is -2.34. The summed E-state index contributed by atoms with van der Waals surface area (Å²) in [5.74, 6) is -0.288. The zero-order valence-electron chi connectivity index (χ0n) is 10.4. The molecule has 5 nitrogen and oxygen atoms in total. The summed E-state index contributed by atoms with van der Waals surface area (Å²) in [4.78, 5) is 15.9. The fraction of sp³-hybridized carbons (Fsp3) is 0.500. The molecule has 6 heteroatoms. The lowest BCUT2D eigenvalue weighted by molar-refractivity contribution is 0.0610. The second-order valence-electron chi connectivity index (χ2n) is 3.84. The van der Waals surface area contributed by atoms with Crippen LogP contribution in [0.1, 0.15) is 23.0 Å². The first-order valence-corrected chi connectivity index (χ1v) is 6.06. The number of nitrogens with one attached hydrogen (secondary N) is 1. The summed E-state index contributed by atoms with van der Waals surface area (Å²) in [5.41, 5.74) is 1.20. The smallest absolute Gasteiger partial charge is 0.251 e. The fourth-order valence-electron chi connectivity index (χ4n) is 1.43. The van der Waals surface area contributed by atoms with Gasteiger partial charge in [0, 0.05) is 24.9 Å². The van der Waals surface area contributed by atoms with Crippen molar-refractivity contribution in [2.45, 2.75) is 19.4 Å². The molecular weight excluding hydrogens is 256 g/mol. The third-order valence-electron chi connectivity index (χ3n) is 2.33. The highest BCUT2D eigenvalue weighted by Crippen LogP contribution is 2.11. The number of halogens is 1. The Labute approximate surface area is 111 Å². The maximum absolute atomic E-state index is 11.8. The molecule has 1 aromatic rings. The number of pyridine rings is 1. The second kappa shape index (κ2) is 7.31. The van der Waals surface area contributed by atoms with E-state index < -0.39 is 6.10 Å². The van der Waals surface area contributed by atoms with E-state index in [0.29, 0.717) is 12.0 Å². The largest absolute Gasteiger partial charge is 0.389 e. The Bertz CT molecular complexity index is 412. The molecule has 1 heterocycles. The number of carbonyl (C=O) groups is 1. The molecule has 18 heavy (non-hydrogen) atoms. The molecular formula is C12H17ClN2O3. The fourth-order valence-corrected chi connectivity index (χ4v) is 1.65. The van der Waals surface area contributed by atoms with Crippen LogP contribution in [0.4, 0.5) is 0 Å². The van der Waals surface area contributed by atoms with Crippen LogP contribution in [-0.2, 0) is 11.2 Å². The monoisotopic (exact) mass is 272 g/mol. The first kappa shape index (κ1) is 14.9. The molecule has 100 valence electrons. The van der Waals surface area contributed by atoms with E-state index in [9.17, 15) is 9.90 Å². The van der Waals surface area contributed by atoms with Gasteiger partial charge in [0.1, 0.15) is 5.15 Å². The molecule has 1 atom stereocenters. The summed E-state index contributed by atoms with van der Waals surface area (Å²) in [6, 6.07) is 3.18. The van der Waals surface area contributed by atoms with E-state index in [-0.39, 0.29) is 24.2 Å². The maximum atomic E-state index is 11.8. The molecule has 0 aliphatic rings. The zero-order chi connectivity index (χ0) is 13.5. The van der Waals surface area contributed by atoms with Gasteiger partial charge in [0.05, 0.1) is 12.7 Å². The predicted molar refractivity (Wildman–Crippen MR) is 68.8 cm³/mol. The van der Waals surface area contributed by atoms with Crippen molar-refractivity contribution in [3.8, 4) is 0 Å². The standard InChI is InChI=1S/C12H17ClN2O3/c1-3-9-4-8(5-11(13)15-9)12(17)14-6-10(16)7-18-2/h4-5,10,16H,3,6-7H2,1-2H3,(H,14,17). The van der Waals surface area contributed by atoms with Gasteiger partial charge in [-0.2, -0.15) is 0 Å². The molecule has 2 N–H and O–H groups in total. The minimum Gasteiger partial charge on any atom is -0.389 e. The van der Waals surface area contributed by atoms with E-state index in [1.54, 1.807) is 6.07 Å². The van der Waals surface area contributed by atoms with Gasteiger partial charge in [0.15, 0.2) is 0 Å². The topological polar surface area (TPSA) is 71.5 Å². The summed E-state index contributed by atoms with van der Waals surface area (Å²) < 4.78 is 4.76. The minimum atomic E-state index is -0.720. The Morgan fingerprint density at radius 1 is 1.61 bits per heavy atom. The molecule has 0 bridgehead atoms.